The van der Waals surface area contributed by atoms with E-state index >= 15 is 0 Å². The molecule has 1 aliphatic heterocycles. The van der Waals surface area contributed by atoms with Crippen molar-refractivity contribution < 1.29 is 19.1 Å². The summed E-state index contributed by atoms with van der Waals surface area (Å²) < 4.78 is 13.1. The summed E-state index contributed by atoms with van der Waals surface area (Å²) in [6.45, 7) is 2.39. The molecule has 1 amide bonds. The number of carboxylic acids is 1. The molecule has 0 aliphatic carbocycles. The Balaban J connectivity index is 1.37. The molecule has 36 heavy (non-hydrogen) atoms. The number of carbonyl (C=O) groups excluding carboxylic acids is 1. The van der Waals surface area contributed by atoms with E-state index in [0.717, 1.165) is 37.2 Å². The predicted molar refractivity (Wildman–Crippen MR) is 138 cm³/mol. The van der Waals surface area contributed by atoms with Gasteiger partial charge in [0.05, 0.1) is 15.6 Å². The molecule has 2 aromatic carbocycles. The topological polar surface area (TPSA) is 82.5 Å². The summed E-state index contributed by atoms with van der Waals surface area (Å²) in [5.74, 6) is -2.08. The first-order valence-electron chi connectivity index (χ1n) is 11.4. The van der Waals surface area contributed by atoms with Crippen molar-refractivity contribution in [2.75, 3.05) is 13.1 Å². The first-order chi connectivity index (χ1) is 17.3. The standard InChI is InChI=1S/C27H24Cl2FN3O3/c28-22-2-1-3-23(29)25(22)26(34)32-24(27(35)36)14-21-9-6-19(15-31-21)18-10-12-33(13-11-18)16-17-4-7-20(30)8-5-17/h1-10,15,24H,11-14,16H2,(H,32,34)(H,35,36)/t24-/m0/s1. The third-order valence-corrected chi connectivity index (χ3v) is 6.64. The summed E-state index contributed by atoms with van der Waals surface area (Å²) in [5.41, 5.74) is 3.77. The number of carbonyl (C=O) groups is 2. The number of hydrogen-bond donors (Lipinski definition) is 2. The van der Waals surface area contributed by atoms with Crippen LogP contribution in [0.4, 0.5) is 4.39 Å². The van der Waals surface area contributed by atoms with Crippen molar-refractivity contribution in [2.45, 2.75) is 25.4 Å². The minimum atomic E-state index is -1.20. The Kier molecular flexibility index (Phi) is 8.36. The van der Waals surface area contributed by atoms with Gasteiger partial charge in [0.25, 0.3) is 5.91 Å². The number of rotatable bonds is 8. The van der Waals surface area contributed by atoms with E-state index in [1.165, 1.54) is 29.8 Å². The molecule has 1 aliphatic rings. The summed E-state index contributed by atoms with van der Waals surface area (Å²) in [5, 5.41) is 12.4. The minimum Gasteiger partial charge on any atom is -0.480 e. The van der Waals surface area contributed by atoms with Crippen molar-refractivity contribution in [2.24, 2.45) is 0 Å². The van der Waals surface area contributed by atoms with E-state index in [-0.39, 0.29) is 27.8 Å². The third kappa shape index (κ3) is 6.49. The number of aliphatic carboxylic acids is 1. The van der Waals surface area contributed by atoms with Gasteiger partial charge < -0.3 is 10.4 Å². The van der Waals surface area contributed by atoms with Gasteiger partial charge in [0.2, 0.25) is 0 Å². The van der Waals surface area contributed by atoms with Crippen molar-refractivity contribution in [1.82, 2.24) is 15.2 Å². The van der Waals surface area contributed by atoms with Crippen LogP contribution in [0.15, 0.2) is 66.9 Å². The molecule has 1 atom stereocenters. The molecule has 1 aromatic heterocycles. The van der Waals surface area contributed by atoms with E-state index in [0.29, 0.717) is 5.69 Å². The molecule has 0 saturated heterocycles. The Morgan fingerprint density at radius 1 is 1.08 bits per heavy atom. The highest BCUT2D eigenvalue weighted by Gasteiger charge is 2.24. The van der Waals surface area contributed by atoms with E-state index in [1.807, 2.05) is 6.07 Å². The average Bonchev–Trinajstić information content (AvgIpc) is 2.86. The highest BCUT2D eigenvalue weighted by molar-refractivity contribution is 6.39. The van der Waals surface area contributed by atoms with Gasteiger partial charge in [-0.1, -0.05) is 53.5 Å². The number of carboxylic acid groups (broad SMARTS) is 1. The Hall–Kier alpha value is -3.26. The Morgan fingerprint density at radius 3 is 2.39 bits per heavy atom. The van der Waals surface area contributed by atoms with Crippen molar-refractivity contribution in [3.8, 4) is 0 Å². The maximum absolute atomic E-state index is 13.1. The lowest BCUT2D eigenvalue weighted by molar-refractivity contribution is -0.139. The van der Waals surface area contributed by atoms with Crippen molar-refractivity contribution in [1.29, 1.82) is 0 Å². The first-order valence-corrected chi connectivity index (χ1v) is 12.1. The van der Waals surface area contributed by atoms with Crippen molar-refractivity contribution in [3.63, 3.8) is 0 Å². The smallest absolute Gasteiger partial charge is 0.326 e. The van der Waals surface area contributed by atoms with Gasteiger partial charge in [0, 0.05) is 37.9 Å². The highest BCUT2D eigenvalue weighted by atomic mass is 35.5. The zero-order valence-electron chi connectivity index (χ0n) is 19.3. The minimum absolute atomic E-state index is 0.00786. The first kappa shape index (κ1) is 25.8. The predicted octanol–water partition coefficient (Wildman–Crippen LogP) is 5.24. The SMILES string of the molecule is O=C(N[C@@H](Cc1ccc(C2=CCN(Cc3ccc(F)cc3)CC2)cn1)C(=O)O)c1c(Cl)cccc1Cl. The number of nitrogens with zero attached hydrogens (tertiary/aromatic N) is 2. The van der Waals surface area contributed by atoms with Gasteiger partial charge in [-0.3, -0.25) is 14.7 Å². The molecular formula is C27H24Cl2FN3O3. The molecule has 9 heteroatoms. The van der Waals surface area contributed by atoms with Crippen LogP contribution >= 0.6 is 23.2 Å². The molecule has 0 spiro atoms. The van der Waals surface area contributed by atoms with E-state index in [9.17, 15) is 19.1 Å². The molecule has 6 nitrogen and oxygen atoms in total. The number of amides is 1. The molecule has 0 unspecified atom stereocenters. The second kappa shape index (κ2) is 11.6. The number of halogens is 3. The lowest BCUT2D eigenvalue weighted by Gasteiger charge is -2.26. The number of hydrogen-bond acceptors (Lipinski definition) is 4. The van der Waals surface area contributed by atoms with Crippen LogP contribution in [-0.2, 0) is 17.8 Å². The van der Waals surface area contributed by atoms with Gasteiger partial charge >= 0.3 is 5.97 Å². The molecule has 0 fully saturated rings. The van der Waals surface area contributed by atoms with Gasteiger partial charge in [0.1, 0.15) is 11.9 Å². The Bertz CT molecular complexity index is 1260. The van der Waals surface area contributed by atoms with Gasteiger partial charge in [-0.05, 0) is 53.5 Å². The fraction of sp³-hybridized carbons (Fsp3) is 0.222. The Labute approximate surface area is 218 Å². The van der Waals surface area contributed by atoms with Crippen LogP contribution in [-0.4, -0.2) is 46.0 Å². The van der Waals surface area contributed by atoms with Gasteiger partial charge in [-0.25, -0.2) is 9.18 Å². The number of nitrogens with one attached hydrogen (secondary N) is 1. The highest BCUT2D eigenvalue weighted by Crippen LogP contribution is 2.25. The molecule has 4 rings (SSSR count). The zero-order valence-corrected chi connectivity index (χ0v) is 20.8. The number of aromatic nitrogens is 1. The van der Waals surface area contributed by atoms with Crippen LogP contribution < -0.4 is 5.32 Å². The lowest BCUT2D eigenvalue weighted by Crippen LogP contribution is -2.42. The van der Waals surface area contributed by atoms with Crippen LogP contribution in [0.25, 0.3) is 5.57 Å². The fourth-order valence-electron chi connectivity index (χ4n) is 4.05. The van der Waals surface area contributed by atoms with Gasteiger partial charge in [-0.2, -0.15) is 0 Å². The van der Waals surface area contributed by atoms with Crippen LogP contribution in [0.1, 0.15) is 33.6 Å². The lowest BCUT2D eigenvalue weighted by atomic mass is 10.00. The van der Waals surface area contributed by atoms with Crippen molar-refractivity contribution >= 4 is 40.7 Å². The van der Waals surface area contributed by atoms with E-state index in [2.05, 4.69) is 21.3 Å². The van der Waals surface area contributed by atoms with Crippen LogP contribution in [0.2, 0.25) is 10.0 Å². The summed E-state index contributed by atoms with van der Waals surface area (Å²) in [6, 6.07) is 13.7. The maximum Gasteiger partial charge on any atom is 0.326 e. The summed E-state index contributed by atoms with van der Waals surface area (Å²) in [6.07, 6.45) is 4.72. The van der Waals surface area contributed by atoms with Gasteiger partial charge in [0.15, 0.2) is 0 Å². The molecule has 0 saturated carbocycles. The number of benzene rings is 2. The van der Waals surface area contributed by atoms with Crippen LogP contribution in [0.5, 0.6) is 0 Å². The third-order valence-electron chi connectivity index (χ3n) is 6.01. The van der Waals surface area contributed by atoms with E-state index < -0.39 is 17.9 Å². The second-order valence-electron chi connectivity index (χ2n) is 8.54. The normalized spacial score (nSPS) is 14.7. The molecule has 2 heterocycles. The van der Waals surface area contributed by atoms with Gasteiger partial charge in [-0.15, -0.1) is 0 Å². The fourth-order valence-corrected chi connectivity index (χ4v) is 4.62. The second-order valence-corrected chi connectivity index (χ2v) is 9.36. The monoisotopic (exact) mass is 527 g/mol. The molecule has 3 aromatic rings. The van der Waals surface area contributed by atoms with Crippen LogP contribution in [0.3, 0.4) is 0 Å². The molecule has 0 bridgehead atoms. The Morgan fingerprint density at radius 2 is 1.81 bits per heavy atom. The summed E-state index contributed by atoms with van der Waals surface area (Å²) in [4.78, 5) is 31.1. The quantitative estimate of drug-likeness (QED) is 0.418. The summed E-state index contributed by atoms with van der Waals surface area (Å²) >= 11 is 12.1. The molecule has 0 radical (unpaired) electrons. The largest absolute Gasteiger partial charge is 0.480 e. The molecule has 186 valence electrons. The van der Waals surface area contributed by atoms with Crippen LogP contribution in [0, 0.1) is 5.82 Å². The van der Waals surface area contributed by atoms with E-state index in [4.69, 9.17) is 23.2 Å². The van der Waals surface area contributed by atoms with Crippen molar-refractivity contribution in [3.05, 3.63) is 105 Å². The average molecular weight is 528 g/mol. The molecular weight excluding hydrogens is 504 g/mol. The number of pyridine rings is 1. The maximum atomic E-state index is 13.1. The summed E-state index contributed by atoms with van der Waals surface area (Å²) in [7, 11) is 0. The zero-order chi connectivity index (χ0) is 25.7. The van der Waals surface area contributed by atoms with E-state index in [1.54, 1.807) is 30.5 Å². The molecule has 2 N–H and O–H groups in total.